The molecule has 0 spiro atoms. The number of phenolic OH excluding ortho intramolecular Hbond substituents is 1. The molecule has 1 aromatic carbocycles. The molecule has 0 aliphatic carbocycles. The van der Waals surface area contributed by atoms with Gasteiger partial charge < -0.3 is 15.2 Å². The molecule has 0 aromatic heterocycles. The summed E-state index contributed by atoms with van der Waals surface area (Å²) in [5, 5.41) is 12.5. The van der Waals surface area contributed by atoms with Crippen molar-refractivity contribution >= 4 is 5.91 Å². The van der Waals surface area contributed by atoms with Crippen LogP contribution in [-0.2, 0) is 4.74 Å². The first-order chi connectivity index (χ1) is 8.18. The van der Waals surface area contributed by atoms with Gasteiger partial charge in [0.1, 0.15) is 5.75 Å². The molecule has 1 aromatic rings. The van der Waals surface area contributed by atoms with Gasteiger partial charge in [0, 0.05) is 30.4 Å². The van der Waals surface area contributed by atoms with Crippen LogP contribution >= 0.6 is 0 Å². The third kappa shape index (κ3) is 2.77. The van der Waals surface area contributed by atoms with Gasteiger partial charge in [-0.25, -0.2) is 0 Å². The lowest BCUT2D eigenvalue weighted by Crippen LogP contribution is -2.39. The van der Waals surface area contributed by atoms with E-state index >= 15 is 0 Å². The third-order valence-corrected chi connectivity index (χ3v) is 3.11. The lowest BCUT2D eigenvalue weighted by atomic mass is 10.0. The molecule has 0 saturated carbocycles. The molecule has 0 radical (unpaired) electrons. The molecule has 1 aliphatic heterocycles. The highest BCUT2D eigenvalue weighted by Crippen LogP contribution is 2.19. The normalized spacial score (nSPS) is 16.8. The smallest absolute Gasteiger partial charge is 0.251 e. The van der Waals surface area contributed by atoms with Crippen LogP contribution in [0.25, 0.3) is 0 Å². The van der Waals surface area contributed by atoms with Crippen LogP contribution in [0.5, 0.6) is 5.75 Å². The van der Waals surface area contributed by atoms with Crippen LogP contribution < -0.4 is 5.32 Å². The van der Waals surface area contributed by atoms with Crippen molar-refractivity contribution in [3.63, 3.8) is 0 Å². The standard InChI is InChI=1S/C13H17NO3/c1-9-11(3-2-4-12(9)15)13(16)14-10-5-7-17-8-6-10/h2-4,10,15H,5-8H2,1H3,(H,14,16). The second-order valence-electron chi connectivity index (χ2n) is 4.31. The van der Waals surface area contributed by atoms with Crippen LogP contribution in [0.3, 0.4) is 0 Å². The van der Waals surface area contributed by atoms with E-state index in [4.69, 9.17) is 4.74 Å². The summed E-state index contributed by atoms with van der Waals surface area (Å²) in [5.41, 5.74) is 1.16. The second-order valence-corrected chi connectivity index (χ2v) is 4.31. The van der Waals surface area contributed by atoms with Gasteiger partial charge in [0.15, 0.2) is 0 Å². The van der Waals surface area contributed by atoms with Crippen LogP contribution in [0.15, 0.2) is 18.2 Å². The Morgan fingerprint density at radius 3 is 2.82 bits per heavy atom. The fourth-order valence-electron chi connectivity index (χ4n) is 1.97. The Hall–Kier alpha value is -1.55. The quantitative estimate of drug-likeness (QED) is 0.818. The molecule has 1 heterocycles. The van der Waals surface area contributed by atoms with E-state index in [0.717, 1.165) is 12.8 Å². The van der Waals surface area contributed by atoms with Crippen molar-refractivity contribution in [1.82, 2.24) is 5.32 Å². The molecule has 0 unspecified atom stereocenters. The van der Waals surface area contributed by atoms with Gasteiger partial charge in [-0.15, -0.1) is 0 Å². The van der Waals surface area contributed by atoms with Gasteiger partial charge >= 0.3 is 0 Å². The number of ether oxygens (including phenoxy) is 1. The van der Waals surface area contributed by atoms with Crippen molar-refractivity contribution in [3.8, 4) is 5.75 Å². The van der Waals surface area contributed by atoms with Crippen molar-refractivity contribution < 1.29 is 14.6 Å². The van der Waals surface area contributed by atoms with Gasteiger partial charge in [0.2, 0.25) is 0 Å². The topological polar surface area (TPSA) is 58.6 Å². The predicted octanol–water partition coefficient (Wildman–Crippen LogP) is 1.61. The molecule has 17 heavy (non-hydrogen) atoms. The zero-order valence-electron chi connectivity index (χ0n) is 9.90. The van der Waals surface area contributed by atoms with Crippen LogP contribution in [0.1, 0.15) is 28.8 Å². The summed E-state index contributed by atoms with van der Waals surface area (Å²) in [4.78, 5) is 12.0. The molecule has 4 heteroatoms. The molecule has 1 aliphatic rings. The molecule has 2 N–H and O–H groups in total. The number of aromatic hydroxyl groups is 1. The zero-order valence-corrected chi connectivity index (χ0v) is 9.90. The van der Waals surface area contributed by atoms with Crippen molar-refractivity contribution in [1.29, 1.82) is 0 Å². The Morgan fingerprint density at radius 2 is 2.12 bits per heavy atom. The largest absolute Gasteiger partial charge is 0.508 e. The first kappa shape index (κ1) is 11.9. The summed E-state index contributed by atoms with van der Waals surface area (Å²) in [6.07, 6.45) is 1.70. The average molecular weight is 235 g/mol. The summed E-state index contributed by atoms with van der Waals surface area (Å²) in [7, 11) is 0. The van der Waals surface area contributed by atoms with Crippen molar-refractivity contribution in [3.05, 3.63) is 29.3 Å². The third-order valence-electron chi connectivity index (χ3n) is 3.11. The molecular weight excluding hydrogens is 218 g/mol. The maximum atomic E-state index is 12.0. The van der Waals surface area contributed by atoms with E-state index in [-0.39, 0.29) is 17.7 Å². The maximum Gasteiger partial charge on any atom is 0.251 e. The number of carbonyl (C=O) groups is 1. The molecule has 2 rings (SSSR count). The summed E-state index contributed by atoms with van der Waals surface area (Å²) in [5.74, 6) is 0.0370. The fourth-order valence-corrected chi connectivity index (χ4v) is 1.97. The molecule has 1 amide bonds. The van der Waals surface area contributed by atoms with Gasteiger partial charge in [-0.05, 0) is 31.9 Å². The molecular formula is C13H17NO3. The number of rotatable bonds is 2. The Kier molecular flexibility index (Phi) is 3.64. The van der Waals surface area contributed by atoms with Crippen LogP contribution in [0.2, 0.25) is 0 Å². The van der Waals surface area contributed by atoms with Crippen molar-refractivity contribution in [2.75, 3.05) is 13.2 Å². The van der Waals surface area contributed by atoms with E-state index in [2.05, 4.69) is 5.32 Å². The summed E-state index contributed by atoms with van der Waals surface area (Å²) < 4.78 is 5.24. The minimum absolute atomic E-state index is 0.120. The van der Waals surface area contributed by atoms with E-state index < -0.39 is 0 Å². The molecule has 0 bridgehead atoms. The van der Waals surface area contributed by atoms with Gasteiger partial charge in [-0.2, -0.15) is 0 Å². The Balaban J connectivity index is 2.06. The lowest BCUT2D eigenvalue weighted by Gasteiger charge is -2.23. The molecule has 4 nitrogen and oxygen atoms in total. The van der Waals surface area contributed by atoms with Gasteiger partial charge in [-0.3, -0.25) is 4.79 Å². The van der Waals surface area contributed by atoms with Crippen LogP contribution in [0.4, 0.5) is 0 Å². The van der Waals surface area contributed by atoms with Crippen LogP contribution in [-0.4, -0.2) is 30.3 Å². The van der Waals surface area contributed by atoms with E-state index in [1.165, 1.54) is 0 Å². The summed E-state index contributed by atoms with van der Waals surface area (Å²) in [6.45, 7) is 3.14. The molecule has 0 atom stereocenters. The highest BCUT2D eigenvalue weighted by Gasteiger charge is 2.18. The zero-order chi connectivity index (χ0) is 12.3. The highest BCUT2D eigenvalue weighted by molar-refractivity contribution is 5.96. The predicted molar refractivity (Wildman–Crippen MR) is 64.2 cm³/mol. The number of phenols is 1. The Labute approximate surface area is 101 Å². The monoisotopic (exact) mass is 235 g/mol. The first-order valence-electron chi connectivity index (χ1n) is 5.85. The lowest BCUT2D eigenvalue weighted by molar-refractivity contribution is 0.0696. The van der Waals surface area contributed by atoms with E-state index in [1.54, 1.807) is 25.1 Å². The second kappa shape index (κ2) is 5.19. The number of hydrogen-bond donors (Lipinski definition) is 2. The molecule has 92 valence electrons. The first-order valence-corrected chi connectivity index (χ1v) is 5.85. The Morgan fingerprint density at radius 1 is 1.41 bits per heavy atom. The number of nitrogens with one attached hydrogen (secondary N) is 1. The number of carbonyl (C=O) groups excluding carboxylic acids is 1. The van der Waals surface area contributed by atoms with Crippen molar-refractivity contribution in [2.24, 2.45) is 0 Å². The van der Waals surface area contributed by atoms with E-state index in [0.29, 0.717) is 24.3 Å². The van der Waals surface area contributed by atoms with Gasteiger partial charge in [-0.1, -0.05) is 6.07 Å². The summed E-state index contributed by atoms with van der Waals surface area (Å²) in [6, 6.07) is 5.17. The number of amides is 1. The molecule has 1 saturated heterocycles. The van der Waals surface area contributed by atoms with Gasteiger partial charge in [0.25, 0.3) is 5.91 Å². The van der Waals surface area contributed by atoms with Gasteiger partial charge in [0.05, 0.1) is 0 Å². The van der Waals surface area contributed by atoms with E-state index in [9.17, 15) is 9.90 Å². The fraction of sp³-hybridized carbons (Fsp3) is 0.462. The minimum atomic E-state index is -0.120. The number of benzene rings is 1. The average Bonchev–Trinajstić information content (AvgIpc) is 2.34. The molecule has 1 fully saturated rings. The highest BCUT2D eigenvalue weighted by atomic mass is 16.5. The van der Waals surface area contributed by atoms with E-state index in [1.807, 2.05) is 0 Å². The number of hydrogen-bond acceptors (Lipinski definition) is 3. The maximum absolute atomic E-state index is 12.0. The Bertz CT molecular complexity index is 411. The SMILES string of the molecule is Cc1c(O)cccc1C(=O)NC1CCOCC1. The summed E-state index contributed by atoms with van der Waals surface area (Å²) >= 11 is 0. The van der Waals surface area contributed by atoms with Crippen molar-refractivity contribution in [2.45, 2.75) is 25.8 Å². The van der Waals surface area contributed by atoms with Crippen LogP contribution in [0, 0.1) is 6.92 Å². The minimum Gasteiger partial charge on any atom is -0.508 e.